The van der Waals surface area contributed by atoms with Gasteiger partial charge in [0.15, 0.2) is 0 Å². The van der Waals surface area contributed by atoms with Crippen molar-refractivity contribution >= 4 is 43.8 Å². The van der Waals surface area contributed by atoms with Crippen LogP contribution in [0.25, 0.3) is 21.5 Å². The molecule has 0 radical (unpaired) electrons. The van der Waals surface area contributed by atoms with Crippen molar-refractivity contribution in [3.8, 4) is 11.4 Å². The average Bonchev–Trinajstić information content (AvgIpc) is 3.06. The average molecular weight is 438 g/mol. The topological polar surface area (TPSA) is 91.9 Å². The molecule has 0 aliphatic rings. The predicted molar refractivity (Wildman–Crippen MR) is 123 cm³/mol. The highest BCUT2D eigenvalue weighted by Crippen LogP contribution is 2.33. The Bertz CT molecular complexity index is 1340. The predicted octanol–water partition coefficient (Wildman–Crippen LogP) is 4.09. The summed E-state index contributed by atoms with van der Waals surface area (Å²) >= 11 is 1.39. The number of rotatable bonds is 5. The van der Waals surface area contributed by atoms with Crippen molar-refractivity contribution in [1.82, 2.24) is 9.97 Å². The number of thiophene rings is 1. The molecule has 2 heterocycles. The normalized spacial score (nSPS) is 12.1. The fraction of sp³-hybridized carbons (Fsp3) is 0.136. The van der Waals surface area contributed by atoms with Crippen LogP contribution in [0.15, 0.2) is 59.4 Å². The van der Waals surface area contributed by atoms with Crippen LogP contribution in [0.5, 0.6) is 0 Å². The Morgan fingerprint density at radius 2 is 1.97 bits per heavy atom. The number of aromatic nitrogens is 2. The number of aryl methyl sites for hydroxylation is 1. The lowest BCUT2D eigenvalue weighted by Crippen LogP contribution is -2.13. The molecule has 30 heavy (non-hydrogen) atoms. The number of hydrogen-bond donors (Lipinski definition) is 2. The molecule has 0 saturated carbocycles. The zero-order valence-electron chi connectivity index (χ0n) is 16.4. The van der Waals surface area contributed by atoms with E-state index in [9.17, 15) is 13.8 Å². The first kappa shape index (κ1) is 20.2. The van der Waals surface area contributed by atoms with E-state index in [4.69, 9.17) is 0 Å². The Balaban J connectivity index is 1.68. The zero-order valence-corrected chi connectivity index (χ0v) is 18.0. The minimum absolute atomic E-state index is 0.227. The van der Waals surface area contributed by atoms with E-state index in [0.29, 0.717) is 33.4 Å². The lowest BCUT2D eigenvalue weighted by atomic mass is 10.1. The summed E-state index contributed by atoms with van der Waals surface area (Å²) in [5.74, 6) is 0.515. The number of benzene rings is 2. The Hall–Kier alpha value is -3.10. The lowest BCUT2D eigenvalue weighted by molar-refractivity contribution is 0.103. The molecule has 0 unspecified atom stereocenters. The second kappa shape index (κ2) is 8.33. The third-order valence-electron chi connectivity index (χ3n) is 4.52. The van der Waals surface area contributed by atoms with Crippen LogP contribution in [-0.4, -0.2) is 26.3 Å². The number of nitrogens with one attached hydrogen (secondary N) is 2. The first-order valence-corrected chi connectivity index (χ1v) is 11.8. The number of carbonyl (C=O) groups is 1. The highest BCUT2D eigenvalue weighted by molar-refractivity contribution is 7.83. The van der Waals surface area contributed by atoms with Gasteiger partial charge in [-0.15, -0.1) is 11.3 Å². The van der Waals surface area contributed by atoms with E-state index >= 15 is 0 Å². The van der Waals surface area contributed by atoms with Gasteiger partial charge >= 0.3 is 0 Å². The van der Waals surface area contributed by atoms with E-state index < -0.39 is 10.8 Å². The molecule has 152 valence electrons. The van der Waals surface area contributed by atoms with E-state index in [1.807, 2.05) is 30.3 Å². The molecule has 8 heteroatoms. The maximum atomic E-state index is 13.1. The quantitative estimate of drug-likeness (QED) is 0.492. The van der Waals surface area contributed by atoms with Crippen LogP contribution in [0, 0.1) is 6.92 Å². The summed E-state index contributed by atoms with van der Waals surface area (Å²) in [7, 11) is -1.07. The van der Waals surface area contributed by atoms with Crippen molar-refractivity contribution in [2.75, 3.05) is 11.6 Å². The van der Waals surface area contributed by atoms with Gasteiger partial charge in [-0.3, -0.25) is 13.8 Å². The van der Waals surface area contributed by atoms with E-state index in [0.717, 1.165) is 15.6 Å². The molecule has 0 aliphatic heterocycles. The van der Waals surface area contributed by atoms with Crippen molar-refractivity contribution in [3.63, 3.8) is 0 Å². The first-order valence-electron chi connectivity index (χ1n) is 9.21. The molecule has 4 aromatic rings. The molecule has 2 aromatic heterocycles. The summed E-state index contributed by atoms with van der Waals surface area (Å²) in [6.45, 7) is 1.75. The van der Waals surface area contributed by atoms with Crippen LogP contribution in [0.3, 0.4) is 0 Å². The standard InChI is InChI=1S/C22H19N3O3S2/c1-13-10-19(26)25-21(23-13)14-6-5-7-15(11-14)24-22(27)20-17(12-30(2)28)16-8-3-4-9-18(16)29-20/h3-11H,12H2,1-2H3,(H,24,27)(H,23,25,26)/t30-/m0/s1. The molecule has 1 amide bonds. The lowest BCUT2D eigenvalue weighted by Gasteiger charge is -2.08. The third kappa shape index (κ3) is 4.24. The molecular weight excluding hydrogens is 418 g/mol. The maximum absolute atomic E-state index is 13.1. The highest BCUT2D eigenvalue weighted by atomic mass is 32.2. The molecular formula is C22H19N3O3S2. The van der Waals surface area contributed by atoms with E-state index in [2.05, 4.69) is 15.3 Å². The van der Waals surface area contributed by atoms with Gasteiger partial charge in [0.05, 0.1) is 10.6 Å². The summed E-state index contributed by atoms with van der Waals surface area (Å²) in [5, 5.41) is 3.88. The van der Waals surface area contributed by atoms with Crippen molar-refractivity contribution in [2.24, 2.45) is 0 Å². The van der Waals surface area contributed by atoms with Gasteiger partial charge in [-0.1, -0.05) is 30.3 Å². The molecule has 6 nitrogen and oxygen atoms in total. The summed E-state index contributed by atoms with van der Waals surface area (Å²) in [6, 6.07) is 16.3. The zero-order chi connectivity index (χ0) is 21.3. The van der Waals surface area contributed by atoms with E-state index in [1.54, 1.807) is 31.4 Å². The second-order valence-electron chi connectivity index (χ2n) is 6.89. The Morgan fingerprint density at radius 1 is 1.17 bits per heavy atom. The molecule has 4 rings (SSSR count). The Kier molecular flexibility index (Phi) is 5.61. The minimum Gasteiger partial charge on any atom is -0.321 e. The Labute approximate surface area is 179 Å². The largest absolute Gasteiger partial charge is 0.321 e. The van der Waals surface area contributed by atoms with Gasteiger partial charge in [-0.2, -0.15) is 0 Å². The number of hydrogen-bond acceptors (Lipinski definition) is 5. The van der Waals surface area contributed by atoms with Crippen molar-refractivity contribution in [1.29, 1.82) is 0 Å². The van der Waals surface area contributed by atoms with Gasteiger partial charge in [0, 0.05) is 44.8 Å². The maximum Gasteiger partial charge on any atom is 0.266 e. The number of H-pyrrole nitrogens is 1. The third-order valence-corrected chi connectivity index (χ3v) is 6.42. The van der Waals surface area contributed by atoms with Crippen LogP contribution >= 0.6 is 11.3 Å². The molecule has 2 N–H and O–H groups in total. The molecule has 0 bridgehead atoms. The van der Waals surface area contributed by atoms with E-state index in [-0.39, 0.29) is 11.5 Å². The summed E-state index contributed by atoms with van der Waals surface area (Å²) in [5.41, 5.74) is 2.47. The van der Waals surface area contributed by atoms with Crippen LogP contribution in [0.1, 0.15) is 20.9 Å². The molecule has 1 atom stereocenters. The SMILES string of the molecule is Cc1cc(=O)[nH]c(-c2cccc(NC(=O)c3sc4ccccc4c3C[S@](C)=O)c2)n1. The molecule has 0 spiro atoms. The second-order valence-corrected chi connectivity index (χ2v) is 9.38. The minimum atomic E-state index is -1.07. The van der Waals surface area contributed by atoms with Gasteiger partial charge in [-0.25, -0.2) is 4.98 Å². The van der Waals surface area contributed by atoms with Gasteiger partial charge in [0.2, 0.25) is 0 Å². The molecule has 0 fully saturated rings. The smallest absolute Gasteiger partial charge is 0.266 e. The number of amides is 1. The van der Waals surface area contributed by atoms with Gasteiger partial charge in [-0.05, 0) is 36.1 Å². The summed E-state index contributed by atoms with van der Waals surface area (Å²) in [6.07, 6.45) is 1.63. The number of carbonyl (C=O) groups excluding carboxylic acids is 1. The van der Waals surface area contributed by atoms with Crippen LogP contribution in [0.2, 0.25) is 0 Å². The first-order chi connectivity index (χ1) is 14.4. The Morgan fingerprint density at radius 3 is 2.73 bits per heavy atom. The number of anilines is 1. The van der Waals surface area contributed by atoms with Gasteiger partial charge in [0.25, 0.3) is 11.5 Å². The van der Waals surface area contributed by atoms with Crippen LogP contribution in [0.4, 0.5) is 5.69 Å². The van der Waals surface area contributed by atoms with Crippen LogP contribution < -0.4 is 10.9 Å². The number of aromatic amines is 1. The van der Waals surface area contributed by atoms with Crippen molar-refractivity contribution in [3.05, 3.63) is 81.1 Å². The highest BCUT2D eigenvalue weighted by Gasteiger charge is 2.19. The van der Waals surface area contributed by atoms with Gasteiger partial charge in [0.1, 0.15) is 5.82 Å². The van der Waals surface area contributed by atoms with Gasteiger partial charge < -0.3 is 10.3 Å². The monoisotopic (exact) mass is 437 g/mol. The fourth-order valence-electron chi connectivity index (χ4n) is 3.28. The van der Waals surface area contributed by atoms with Crippen LogP contribution in [-0.2, 0) is 16.6 Å². The summed E-state index contributed by atoms with van der Waals surface area (Å²) < 4.78 is 12.9. The summed E-state index contributed by atoms with van der Waals surface area (Å²) in [4.78, 5) is 32.4. The molecule has 2 aromatic carbocycles. The molecule has 0 aliphatic carbocycles. The van der Waals surface area contributed by atoms with E-state index in [1.165, 1.54) is 17.4 Å². The van der Waals surface area contributed by atoms with Crippen molar-refractivity contribution in [2.45, 2.75) is 12.7 Å². The van der Waals surface area contributed by atoms with Crippen molar-refractivity contribution < 1.29 is 9.00 Å². The fourth-order valence-corrected chi connectivity index (χ4v) is 5.19. The number of nitrogens with zero attached hydrogens (tertiary/aromatic N) is 1. The number of fused-ring (bicyclic) bond motifs is 1. The molecule has 0 saturated heterocycles.